The number of carbonyl (C=O) groups excluding carboxylic acids is 2. The summed E-state index contributed by atoms with van der Waals surface area (Å²) in [7, 11) is 1.86. The molecule has 1 aliphatic carbocycles. The Labute approximate surface area is 137 Å². The Morgan fingerprint density at radius 3 is 2.48 bits per heavy atom. The van der Waals surface area contributed by atoms with Gasteiger partial charge in [-0.15, -0.1) is 0 Å². The molecule has 1 heterocycles. The third-order valence-corrected chi connectivity index (χ3v) is 4.54. The minimum atomic E-state index is -0.390. The van der Waals surface area contributed by atoms with E-state index in [9.17, 15) is 9.59 Å². The van der Waals surface area contributed by atoms with Gasteiger partial charge in [-0.2, -0.15) is 0 Å². The molecule has 5 nitrogen and oxygen atoms in total. The lowest BCUT2D eigenvalue weighted by molar-refractivity contribution is -0.136. The Hall–Kier alpha value is -1.88. The number of benzene rings is 1. The highest BCUT2D eigenvalue weighted by atomic mass is 16.2. The number of likely N-dealkylation sites (N-methyl/N-ethyl adjacent to an activating group) is 1. The fourth-order valence-electron chi connectivity index (χ4n) is 3.15. The molecule has 1 aromatic rings. The molecule has 0 spiro atoms. The van der Waals surface area contributed by atoms with E-state index in [-0.39, 0.29) is 24.4 Å². The summed E-state index contributed by atoms with van der Waals surface area (Å²) in [5.74, 6) is 0.112. The van der Waals surface area contributed by atoms with Crippen molar-refractivity contribution >= 4 is 11.8 Å². The van der Waals surface area contributed by atoms with Crippen LogP contribution in [0.3, 0.4) is 0 Å². The van der Waals surface area contributed by atoms with E-state index in [1.54, 1.807) is 0 Å². The maximum absolute atomic E-state index is 13.0. The first-order valence-electron chi connectivity index (χ1n) is 8.48. The summed E-state index contributed by atoms with van der Waals surface area (Å²) < 4.78 is 0. The molecule has 2 aliphatic rings. The molecule has 1 N–H and O–H groups in total. The summed E-state index contributed by atoms with van der Waals surface area (Å²) in [5.41, 5.74) is 0.950. The lowest BCUT2D eigenvalue weighted by atomic mass is 10.0. The smallest absolute Gasteiger partial charge is 0.244 e. The summed E-state index contributed by atoms with van der Waals surface area (Å²) in [4.78, 5) is 28.9. The number of nitrogens with one attached hydrogen (secondary N) is 1. The van der Waals surface area contributed by atoms with Crippen LogP contribution in [0, 0.1) is 0 Å². The van der Waals surface area contributed by atoms with Crippen LogP contribution < -0.4 is 5.32 Å². The van der Waals surface area contributed by atoms with Gasteiger partial charge in [0.15, 0.2) is 0 Å². The molecule has 0 radical (unpaired) electrons. The van der Waals surface area contributed by atoms with Crippen molar-refractivity contribution in [3.63, 3.8) is 0 Å². The van der Waals surface area contributed by atoms with Gasteiger partial charge in [0.05, 0.1) is 6.54 Å². The van der Waals surface area contributed by atoms with Crippen LogP contribution in [0.25, 0.3) is 0 Å². The largest absolute Gasteiger partial charge is 0.352 e. The molecule has 124 valence electrons. The Balaban J connectivity index is 1.73. The fourth-order valence-corrected chi connectivity index (χ4v) is 3.15. The first kappa shape index (κ1) is 16.0. The zero-order valence-electron chi connectivity index (χ0n) is 13.7. The SMILES string of the molecule is CN(CC(=O)NC1CC1)[C@H](C(=O)N1CCCC1)c1ccccc1. The van der Waals surface area contributed by atoms with Gasteiger partial charge in [0, 0.05) is 19.1 Å². The minimum Gasteiger partial charge on any atom is -0.352 e. The molecule has 0 aromatic heterocycles. The second-order valence-electron chi connectivity index (χ2n) is 6.60. The van der Waals surface area contributed by atoms with Gasteiger partial charge in [-0.3, -0.25) is 14.5 Å². The molecule has 0 bridgehead atoms. The van der Waals surface area contributed by atoms with Gasteiger partial charge in [-0.1, -0.05) is 30.3 Å². The zero-order valence-corrected chi connectivity index (χ0v) is 13.7. The summed E-state index contributed by atoms with van der Waals surface area (Å²) >= 11 is 0. The standard InChI is InChI=1S/C18H25N3O2/c1-20(13-16(22)19-15-9-10-15)17(14-7-3-2-4-8-14)18(23)21-11-5-6-12-21/h2-4,7-8,15,17H,5-6,9-13H2,1H3,(H,19,22)/t17-/m0/s1. The summed E-state index contributed by atoms with van der Waals surface area (Å²) in [6, 6.07) is 9.72. The minimum absolute atomic E-state index is 0.00477. The second-order valence-corrected chi connectivity index (χ2v) is 6.60. The van der Waals surface area contributed by atoms with Gasteiger partial charge in [0.2, 0.25) is 11.8 Å². The van der Waals surface area contributed by atoms with E-state index in [1.807, 2.05) is 47.2 Å². The summed E-state index contributed by atoms with van der Waals surface area (Å²) in [5, 5.41) is 2.99. The van der Waals surface area contributed by atoms with Crippen molar-refractivity contribution in [1.82, 2.24) is 15.1 Å². The Morgan fingerprint density at radius 2 is 1.87 bits per heavy atom. The monoisotopic (exact) mass is 315 g/mol. The van der Waals surface area contributed by atoms with Crippen molar-refractivity contribution in [3.8, 4) is 0 Å². The van der Waals surface area contributed by atoms with Crippen LogP contribution >= 0.6 is 0 Å². The van der Waals surface area contributed by atoms with Crippen molar-refractivity contribution in [2.24, 2.45) is 0 Å². The number of carbonyl (C=O) groups is 2. The van der Waals surface area contributed by atoms with E-state index >= 15 is 0 Å². The van der Waals surface area contributed by atoms with Gasteiger partial charge in [-0.25, -0.2) is 0 Å². The molecular weight excluding hydrogens is 290 g/mol. The van der Waals surface area contributed by atoms with Gasteiger partial charge < -0.3 is 10.2 Å². The quantitative estimate of drug-likeness (QED) is 0.867. The maximum Gasteiger partial charge on any atom is 0.244 e. The van der Waals surface area contributed by atoms with Gasteiger partial charge in [0.25, 0.3) is 0 Å². The van der Waals surface area contributed by atoms with Crippen LogP contribution in [0.15, 0.2) is 30.3 Å². The number of hydrogen-bond donors (Lipinski definition) is 1. The molecule has 2 amide bonds. The molecular formula is C18H25N3O2. The third-order valence-electron chi connectivity index (χ3n) is 4.54. The highest BCUT2D eigenvalue weighted by Crippen LogP contribution is 2.24. The second kappa shape index (κ2) is 7.13. The van der Waals surface area contributed by atoms with Crippen LogP contribution in [0.5, 0.6) is 0 Å². The van der Waals surface area contributed by atoms with E-state index in [2.05, 4.69) is 5.32 Å². The van der Waals surface area contributed by atoms with E-state index < -0.39 is 0 Å². The highest BCUT2D eigenvalue weighted by Gasteiger charge is 2.32. The van der Waals surface area contributed by atoms with Crippen molar-refractivity contribution in [2.75, 3.05) is 26.7 Å². The number of rotatable bonds is 6. The molecule has 1 saturated heterocycles. The van der Waals surface area contributed by atoms with Gasteiger partial charge in [0.1, 0.15) is 6.04 Å². The van der Waals surface area contributed by atoms with E-state index in [1.165, 1.54) is 0 Å². The van der Waals surface area contributed by atoms with Crippen LogP contribution in [0.1, 0.15) is 37.3 Å². The summed E-state index contributed by atoms with van der Waals surface area (Å²) in [6.07, 6.45) is 4.28. The van der Waals surface area contributed by atoms with Crippen LogP contribution in [-0.4, -0.2) is 54.3 Å². The van der Waals surface area contributed by atoms with Crippen molar-refractivity contribution in [2.45, 2.75) is 37.8 Å². The molecule has 1 aliphatic heterocycles. The average Bonchev–Trinajstić information content (AvgIpc) is 3.17. The fraction of sp³-hybridized carbons (Fsp3) is 0.556. The first-order valence-corrected chi connectivity index (χ1v) is 8.48. The highest BCUT2D eigenvalue weighted by molar-refractivity contribution is 5.85. The Kier molecular flexibility index (Phi) is 4.96. The van der Waals surface area contributed by atoms with Gasteiger partial charge in [-0.05, 0) is 38.3 Å². The van der Waals surface area contributed by atoms with E-state index in [0.717, 1.165) is 44.3 Å². The van der Waals surface area contributed by atoms with Crippen molar-refractivity contribution in [3.05, 3.63) is 35.9 Å². The number of likely N-dealkylation sites (tertiary alicyclic amines) is 1. The zero-order chi connectivity index (χ0) is 16.2. The normalized spacial score (nSPS) is 19.0. The molecule has 0 unspecified atom stereocenters. The molecule has 2 fully saturated rings. The van der Waals surface area contributed by atoms with Crippen molar-refractivity contribution in [1.29, 1.82) is 0 Å². The molecule has 23 heavy (non-hydrogen) atoms. The Bertz CT molecular complexity index is 551. The van der Waals surface area contributed by atoms with E-state index in [4.69, 9.17) is 0 Å². The molecule has 1 atom stereocenters. The van der Waals surface area contributed by atoms with Gasteiger partial charge >= 0.3 is 0 Å². The topological polar surface area (TPSA) is 52.7 Å². The van der Waals surface area contributed by atoms with E-state index in [0.29, 0.717) is 6.04 Å². The van der Waals surface area contributed by atoms with Crippen LogP contribution in [0.2, 0.25) is 0 Å². The molecule has 1 saturated carbocycles. The molecule has 5 heteroatoms. The predicted molar refractivity (Wildman–Crippen MR) is 88.8 cm³/mol. The summed E-state index contributed by atoms with van der Waals surface area (Å²) in [6.45, 7) is 1.89. The van der Waals surface area contributed by atoms with Crippen molar-refractivity contribution < 1.29 is 9.59 Å². The number of amides is 2. The predicted octanol–water partition coefficient (Wildman–Crippen LogP) is 1.56. The average molecular weight is 315 g/mol. The maximum atomic E-state index is 13.0. The lowest BCUT2D eigenvalue weighted by Crippen LogP contribution is -2.44. The Morgan fingerprint density at radius 1 is 1.22 bits per heavy atom. The van der Waals surface area contributed by atoms with Crippen LogP contribution in [-0.2, 0) is 9.59 Å². The number of nitrogens with zero attached hydrogens (tertiary/aromatic N) is 2. The molecule has 3 rings (SSSR count). The third kappa shape index (κ3) is 4.10. The molecule has 1 aromatic carbocycles. The first-order chi connectivity index (χ1) is 11.1. The number of hydrogen-bond acceptors (Lipinski definition) is 3. The van der Waals surface area contributed by atoms with Crippen LogP contribution in [0.4, 0.5) is 0 Å². The lowest BCUT2D eigenvalue weighted by Gasteiger charge is -2.30.